The van der Waals surface area contributed by atoms with E-state index >= 15 is 0 Å². The highest BCUT2D eigenvalue weighted by molar-refractivity contribution is 8.76. The van der Waals surface area contributed by atoms with Crippen molar-refractivity contribution in [2.75, 3.05) is 12.4 Å². The molecule has 0 aromatic heterocycles. The van der Waals surface area contributed by atoms with E-state index in [1.807, 2.05) is 21.6 Å². The lowest BCUT2D eigenvalue weighted by molar-refractivity contribution is -0.0302. The first kappa shape index (κ1) is 19.5. The van der Waals surface area contributed by atoms with Gasteiger partial charge >= 0.3 is 0 Å². The van der Waals surface area contributed by atoms with E-state index in [-0.39, 0.29) is 11.0 Å². The number of terminal acetylenes is 1. The first-order valence-corrected chi connectivity index (χ1v) is 10.1. The second-order valence-electron chi connectivity index (χ2n) is 6.72. The summed E-state index contributed by atoms with van der Waals surface area (Å²) in [5, 5.41) is 0. The molecule has 0 aliphatic heterocycles. The van der Waals surface area contributed by atoms with Crippen molar-refractivity contribution in [3.05, 3.63) is 29.8 Å². The Labute approximate surface area is 144 Å². The van der Waals surface area contributed by atoms with Gasteiger partial charge in [-0.2, -0.15) is 0 Å². The predicted molar refractivity (Wildman–Crippen MR) is 101 cm³/mol. The topological polar surface area (TPSA) is 9.23 Å². The van der Waals surface area contributed by atoms with E-state index in [0.29, 0.717) is 0 Å². The molecule has 0 fully saturated rings. The standard InChI is InChI=1S/C19H28OS2/c1-7-16-9-11-17(12-10-16)22-21-14-13-20-19(5,6)15-18(3,4)8-2/h2,9-12H,7,13-15H2,1,3-6H3. The highest BCUT2D eigenvalue weighted by Crippen LogP contribution is 2.32. The van der Waals surface area contributed by atoms with E-state index in [1.165, 1.54) is 10.5 Å². The molecule has 0 radical (unpaired) electrons. The fourth-order valence-electron chi connectivity index (χ4n) is 2.41. The molecule has 0 atom stereocenters. The van der Waals surface area contributed by atoms with Crippen molar-refractivity contribution in [3.63, 3.8) is 0 Å². The van der Waals surface area contributed by atoms with Crippen LogP contribution in [-0.4, -0.2) is 18.0 Å². The number of ether oxygens (including phenoxy) is 1. The Balaban J connectivity index is 2.25. The Hall–Kier alpha value is -0.560. The Morgan fingerprint density at radius 3 is 2.32 bits per heavy atom. The van der Waals surface area contributed by atoms with Crippen molar-refractivity contribution in [1.82, 2.24) is 0 Å². The van der Waals surface area contributed by atoms with Gasteiger partial charge in [-0.3, -0.25) is 0 Å². The molecule has 0 amide bonds. The number of aryl methyl sites for hydroxylation is 1. The van der Waals surface area contributed by atoms with Crippen LogP contribution in [0.5, 0.6) is 0 Å². The third-order valence-corrected chi connectivity index (χ3v) is 5.75. The van der Waals surface area contributed by atoms with E-state index in [4.69, 9.17) is 11.2 Å². The van der Waals surface area contributed by atoms with Crippen molar-refractivity contribution in [3.8, 4) is 12.3 Å². The third kappa shape index (κ3) is 7.63. The predicted octanol–water partition coefficient (Wildman–Crippen LogP) is 5.83. The quantitative estimate of drug-likeness (QED) is 0.319. The summed E-state index contributed by atoms with van der Waals surface area (Å²) in [6, 6.07) is 8.78. The second kappa shape index (κ2) is 8.91. The van der Waals surface area contributed by atoms with Crippen LogP contribution in [0.4, 0.5) is 0 Å². The molecule has 0 saturated heterocycles. The molecule has 122 valence electrons. The van der Waals surface area contributed by atoms with E-state index in [2.05, 4.69) is 64.8 Å². The zero-order valence-corrected chi connectivity index (χ0v) is 16.1. The van der Waals surface area contributed by atoms with Crippen molar-refractivity contribution in [2.24, 2.45) is 5.41 Å². The smallest absolute Gasteiger partial charge is 0.0641 e. The Morgan fingerprint density at radius 1 is 1.14 bits per heavy atom. The van der Waals surface area contributed by atoms with Crippen LogP contribution in [0.2, 0.25) is 0 Å². The fourth-order valence-corrected chi connectivity index (χ4v) is 4.22. The molecule has 0 aliphatic rings. The number of benzene rings is 1. The van der Waals surface area contributed by atoms with Crippen molar-refractivity contribution in [1.29, 1.82) is 0 Å². The van der Waals surface area contributed by atoms with Crippen LogP contribution >= 0.6 is 21.6 Å². The lowest BCUT2D eigenvalue weighted by Gasteiger charge is -2.31. The molecule has 1 rings (SSSR count). The molecule has 22 heavy (non-hydrogen) atoms. The molecular weight excluding hydrogens is 308 g/mol. The molecular formula is C19H28OS2. The summed E-state index contributed by atoms with van der Waals surface area (Å²) in [6.45, 7) is 11.3. The summed E-state index contributed by atoms with van der Waals surface area (Å²) in [6.07, 6.45) is 7.52. The van der Waals surface area contributed by atoms with Gasteiger partial charge in [0.15, 0.2) is 0 Å². The first-order chi connectivity index (χ1) is 10.3. The van der Waals surface area contributed by atoms with E-state index in [0.717, 1.165) is 25.2 Å². The molecule has 0 unspecified atom stereocenters. The third-order valence-electron chi connectivity index (χ3n) is 3.40. The maximum atomic E-state index is 6.01. The zero-order valence-electron chi connectivity index (χ0n) is 14.4. The van der Waals surface area contributed by atoms with Gasteiger partial charge in [-0.1, -0.05) is 40.6 Å². The SMILES string of the molecule is C#CC(C)(C)CC(C)(C)OCCSSc1ccc(CC)cc1. The summed E-state index contributed by atoms with van der Waals surface area (Å²) < 4.78 is 6.01. The maximum Gasteiger partial charge on any atom is 0.0641 e. The van der Waals surface area contributed by atoms with E-state index in [9.17, 15) is 0 Å². The Kier molecular flexibility index (Phi) is 7.89. The summed E-state index contributed by atoms with van der Waals surface area (Å²) in [7, 11) is 3.65. The molecule has 0 aliphatic carbocycles. The molecule has 1 nitrogen and oxygen atoms in total. The van der Waals surface area contributed by atoms with Gasteiger partial charge in [-0.05, 0) is 58.2 Å². The maximum absolute atomic E-state index is 6.01. The molecule has 3 heteroatoms. The summed E-state index contributed by atoms with van der Waals surface area (Å²) in [5.41, 5.74) is 1.09. The average molecular weight is 337 g/mol. The lowest BCUT2D eigenvalue weighted by Crippen LogP contribution is -2.31. The van der Waals surface area contributed by atoms with Gasteiger partial charge in [-0.25, -0.2) is 0 Å². The molecule has 0 spiro atoms. The highest BCUT2D eigenvalue weighted by Gasteiger charge is 2.27. The average Bonchev–Trinajstić information content (AvgIpc) is 2.46. The normalized spacial score (nSPS) is 12.2. The summed E-state index contributed by atoms with van der Waals surface area (Å²) >= 11 is 0. The van der Waals surface area contributed by atoms with Gasteiger partial charge in [0, 0.05) is 16.1 Å². The number of rotatable bonds is 9. The van der Waals surface area contributed by atoms with Crippen LogP contribution in [0.15, 0.2) is 29.2 Å². The van der Waals surface area contributed by atoms with E-state index < -0.39 is 0 Å². The fraction of sp³-hybridized carbons (Fsp3) is 0.579. The highest BCUT2D eigenvalue weighted by atomic mass is 33.1. The summed E-state index contributed by atoms with van der Waals surface area (Å²) in [4.78, 5) is 1.30. The minimum absolute atomic E-state index is 0.119. The molecule has 0 N–H and O–H groups in total. The Bertz CT molecular complexity index is 483. The van der Waals surface area contributed by atoms with Crippen LogP contribution < -0.4 is 0 Å². The summed E-state index contributed by atoms with van der Waals surface area (Å²) in [5.74, 6) is 3.81. The molecule has 0 saturated carbocycles. The van der Waals surface area contributed by atoms with Gasteiger partial charge in [0.2, 0.25) is 0 Å². The minimum atomic E-state index is -0.177. The van der Waals surface area contributed by atoms with Crippen LogP contribution in [0.25, 0.3) is 0 Å². The van der Waals surface area contributed by atoms with Gasteiger partial charge in [-0.15, -0.1) is 12.3 Å². The van der Waals surface area contributed by atoms with Gasteiger partial charge in [0.05, 0.1) is 12.2 Å². The van der Waals surface area contributed by atoms with Crippen molar-refractivity contribution in [2.45, 2.75) is 58.0 Å². The first-order valence-electron chi connectivity index (χ1n) is 7.78. The largest absolute Gasteiger partial charge is 0.375 e. The molecule has 0 heterocycles. The monoisotopic (exact) mass is 336 g/mol. The van der Waals surface area contributed by atoms with E-state index in [1.54, 1.807) is 0 Å². The van der Waals surface area contributed by atoms with Crippen LogP contribution in [-0.2, 0) is 11.2 Å². The lowest BCUT2D eigenvalue weighted by atomic mass is 9.82. The molecule has 0 bridgehead atoms. The number of hydrogen-bond acceptors (Lipinski definition) is 3. The Morgan fingerprint density at radius 2 is 1.77 bits per heavy atom. The molecule has 1 aromatic carbocycles. The number of hydrogen-bond donors (Lipinski definition) is 0. The minimum Gasteiger partial charge on any atom is -0.375 e. The van der Waals surface area contributed by atoms with Gasteiger partial charge in [0.1, 0.15) is 0 Å². The zero-order chi connectivity index (χ0) is 16.6. The van der Waals surface area contributed by atoms with Crippen LogP contribution in [0.3, 0.4) is 0 Å². The second-order valence-corrected chi connectivity index (χ2v) is 9.21. The van der Waals surface area contributed by atoms with Crippen molar-refractivity contribution >= 4 is 21.6 Å². The van der Waals surface area contributed by atoms with Crippen LogP contribution in [0, 0.1) is 17.8 Å². The van der Waals surface area contributed by atoms with Crippen molar-refractivity contribution < 1.29 is 4.74 Å². The van der Waals surface area contributed by atoms with Crippen LogP contribution in [0.1, 0.15) is 46.6 Å². The van der Waals surface area contributed by atoms with Gasteiger partial charge in [0.25, 0.3) is 0 Å². The van der Waals surface area contributed by atoms with Gasteiger partial charge < -0.3 is 4.74 Å². The molecule has 1 aromatic rings.